The fraction of sp³-hybridized carbons (Fsp3) is 0.583. The summed E-state index contributed by atoms with van der Waals surface area (Å²) >= 11 is 0. The fourth-order valence-corrected chi connectivity index (χ4v) is 5.88. The fourth-order valence-electron chi connectivity index (χ4n) is 5.88. The number of imidazole rings is 1. The van der Waals surface area contributed by atoms with E-state index in [-0.39, 0.29) is 41.5 Å². The minimum Gasteiger partial charge on any atom is -0.342 e. The van der Waals surface area contributed by atoms with Gasteiger partial charge >= 0.3 is 0 Å². The van der Waals surface area contributed by atoms with Gasteiger partial charge in [0.25, 0.3) is 0 Å². The predicted octanol–water partition coefficient (Wildman–Crippen LogP) is 3.08. The normalized spacial score (nSPS) is 30.3. The van der Waals surface area contributed by atoms with E-state index in [0.29, 0.717) is 19.5 Å². The van der Waals surface area contributed by atoms with E-state index in [9.17, 15) is 14.4 Å². The molecule has 0 radical (unpaired) electrons. The third kappa shape index (κ3) is 2.92. The molecule has 164 valence electrons. The Bertz CT molecular complexity index is 1040. The molecule has 3 fully saturated rings. The quantitative estimate of drug-likeness (QED) is 0.770. The summed E-state index contributed by atoms with van der Waals surface area (Å²) in [6, 6.07) is 7.92. The molecule has 3 atom stereocenters. The number of amides is 3. The van der Waals surface area contributed by atoms with Gasteiger partial charge in [-0.15, -0.1) is 0 Å². The SMILES string of the molecule is CC12CCC(C(=O)N(CC(=O)N3CCCC(c4nc5ccccc5[nH]4)C3)C1=O)C2(C)C. The van der Waals surface area contributed by atoms with Crippen LogP contribution in [0.1, 0.15) is 58.2 Å². The lowest BCUT2D eigenvalue weighted by atomic mass is 9.62. The number of hydrogen-bond donors (Lipinski definition) is 1. The minimum absolute atomic E-state index is 0.130. The van der Waals surface area contributed by atoms with Crippen LogP contribution in [0.2, 0.25) is 0 Å². The van der Waals surface area contributed by atoms with Gasteiger partial charge in [0.05, 0.1) is 16.4 Å². The number of benzene rings is 1. The van der Waals surface area contributed by atoms with E-state index in [4.69, 9.17) is 4.98 Å². The van der Waals surface area contributed by atoms with Crippen molar-refractivity contribution in [3.8, 4) is 0 Å². The van der Waals surface area contributed by atoms with Crippen molar-refractivity contribution in [1.29, 1.82) is 0 Å². The van der Waals surface area contributed by atoms with Gasteiger partial charge in [-0.05, 0) is 43.2 Å². The van der Waals surface area contributed by atoms with Crippen LogP contribution in [0.25, 0.3) is 11.0 Å². The largest absolute Gasteiger partial charge is 0.342 e. The zero-order chi connectivity index (χ0) is 22.0. The van der Waals surface area contributed by atoms with Gasteiger partial charge in [-0.1, -0.05) is 32.9 Å². The molecule has 3 aliphatic rings. The van der Waals surface area contributed by atoms with Crippen LogP contribution < -0.4 is 0 Å². The molecule has 1 aromatic carbocycles. The van der Waals surface area contributed by atoms with Crippen molar-refractivity contribution in [2.45, 2.75) is 52.4 Å². The van der Waals surface area contributed by atoms with E-state index in [1.165, 1.54) is 4.90 Å². The second kappa shape index (κ2) is 6.90. The molecule has 1 aliphatic carbocycles. The van der Waals surface area contributed by atoms with Crippen molar-refractivity contribution in [3.05, 3.63) is 30.1 Å². The molecule has 2 aromatic rings. The van der Waals surface area contributed by atoms with Crippen molar-refractivity contribution in [2.75, 3.05) is 19.6 Å². The second-order valence-electron chi connectivity index (χ2n) is 10.2. The molecule has 2 bridgehead atoms. The van der Waals surface area contributed by atoms with Gasteiger partial charge in [0.2, 0.25) is 17.7 Å². The Hall–Kier alpha value is -2.70. The standard InChI is InChI=1S/C24H30N4O3/c1-23(2)16-10-11-24(23,3)22(31)28(21(16)30)14-19(29)27-12-6-7-15(13-27)20-25-17-8-4-5-9-18(17)26-20/h4-5,8-9,15-16H,6-7,10-14H2,1-3H3,(H,25,26). The molecule has 0 spiro atoms. The number of para-hydroxylation sites is 2. The highest BCUT2D eigenvalue weighted by Gasteiger charge is 2.64. The number of carbonyl (C=O) groups is 3. The molecule has 3 unspecified atom stereocenters. The number of piperidine rings is 2. The molecule has 7 heteroatoms. The first-order valence-corrected chi connectivity index (χ1v) is 11.3. The average Bonchev–Trinajstić information content (AvgIpc) is 3.27. The van der Waals surface area contributed by atoms with Crippen LogP contribution in [0.15, 0.2) is 24.3 Å². The Balaban J connectivity index is 1.31. The Morgan fingerprint density at radius 2 is 1.97 bits per heavy atom. The number of carbonyl (C=O) groups excluding carboxylic acids is 3. The number of nitrogens with zero attached hydrogens (tertiary/aromatic N) is 3. The van der Waals surface area contributed by atoms with Gasteiger partial charge in [-0.2, -0.15) is 0 Å². The molecule has 7 nitrogen and oxygen atoms in total. The lowest BCUT2D eigenvalue weighted by molar-refractivity contribution is -0.170. The highest BCUT2D eigenvalue weighted by molar-refractivity contribution is 6.06. The van der Waals surface area contributed by atoms with Crippen molar-refractivity contribution in [3.63, 3.8) is 0 Å². The van der Waals surface area contributed by atoms with Gasteiger partial charge in [0.15, 0.2) is 0 Å². The lowest BCUT2D eigenvalue weighted by Gasteiger charge is -2.47. The Kier molecular flexibility index (Phi) is 4.50. The van der Waals surface area contributed by atoms with E-state index in [1.54, 1.807) is 4.90 Å². The van der Waals surface area contributed by atoms with Crippen molar-refractivity contribution >= 4 is 28.8 Å². The van der Waals surface area contributed by atoms with Gasteiger partial charge in [-0.25, -0.2) is 4.98 Å². The third-order valence-electron chi connectivity index (χ3n) is 8.37. The van der Waals surface area contributed by atoms with Gasteiger partial charge in [0, 0.05) is 24.9 Å². The third-order valence-corrected chi connectivity index (χ3v) is 8.37. The molecular weight excluding hydrogens is 392 g/mol. The summed E-state index contributed by atoms with van der Waals surface area (Å²) in [5.41, 5.74) is 0.983. The highest BCUT2D eigenvalue weighted by Crippen LogP contribution is 2.60. The first-order chi connectivity index (χ1) is 14.7. The maximum atomic E-state index is 13.3. The summed E-state index contributed by atoms with van der Waals surface area (Å²) in [7, 11) is 0. The number of rotatable bonds is 3. The lowest BCUT2D eigenvalue weighted by Crippen LogP contribution is -2.61. The molecule has 2 saturated heterocycles. The number of H-pyrrole nitrogens is 1. The number of likely N-dealkylation sites (tertiary alicyclic amines) is 2. The van der Waals surface area contributed by atoms with Crippen LogP contribution in [0.5, 0.6) is 0 Å². The van der Waals surface area contributed by atoms with E-state index in [2.05, 4.69) is 4.98 Å². The first-order valence-electron chi connectivity index (χ1n) is 11.3. The molecule has 3 amide bonds. The molecule has 5 rings (SSSR count). The average molecular weight is 423 g/mol. The van der Waals surface area contributed by atoms with Crippen LogP contribution in [0.4, 0.5) is 0 Å². The minimum atomic E-state index is -0.579. The van der Waals surface area contributed by atoms with E-state index >= 15 is 0 Å². The van der Waals surface area contributed by atoms with E-state index in [0.717, 1.165) is 36.1 Å². The summed E-state index contributed by atoms with van der Waals surface area (Å²) in [5.74, 6) is 0.333. The Labute approximate surface area is 182 Å². The van der Waals surface area contributed by atoms with Crippen molar-refractivity contribution in [1.82, 2.24) is 19.8 Å². The number of hydrogen-bond acceptors (Lipinski definition) is 4. The zero-order valence-electron chi connectivity index (χ0n) is 18.5. The number of fused-ring (bicyclic) bond motifs is 3. The summed E-state index contributed by atoms with van der Waals surface area (Å²) in [6.07, 6.45) is 3.26. The van der Waals surface area contributed by atoms with E-state index in [1.807, 2.05) is 45.0 Å². The van der Waals surface area contributed by atoms with Crippen LogP contribution in [-0.4, -0.2) is 57.1 Å². The maximum Gasteiger partial charge on any atom is 0.242 e. The molecule has 1 saturated carbocycles. The van der Waals surface area contributed by atoms with Gasteiger partial charge < -0.3 is 9.88 Å². The summed E-state index contributed by atoms with van der Waals surface area (Å²) in [4.78, 5) is 50.6. The van der Waals surface area contributed by atoms with Gasteiger partial charge in [0.1, 0.15) is 12.4 Å². The van der Waals surface area contributed by atoms with Crippen LogP contribution >= 0.6 is 0 Å². The zero-order valence-corrected chi connectivity index (χ0v) is 18.5. The number of aromatic nitrogens is 2. The summed E-state index contributed by atoms with van der Waals surface area (Å²) < 4.78 is 0. The topological polar surface area (TPSA) is 86.4 Å². The molecule has 1 N–H and O–H groups in total. The number of nitrogens with one attached hydrogen (secondary N) is 1. The molecular formula is C24H30N4O3. The van der Waals surface area contributed by atoms with Crippen molar-refractivity contribution < 1.29 is 14.4 Å². The van der Waals surface area contributed by atoms with Crippen LogP contribution in [0, 0.1) is 16.7 Å². The predicted molar refractivity (Wildman–Crippen MR) is 116 cm³/mol. The Morgan fingerprint density at radius 1 is 1.19 bits per heavy atom. The van der Waals surface area contributed by atoms with Gasteiger partial charge in [-0.3, -0.25) is 19.3 Å². The summed E-state index contributed by atoms with van der Waals surface area (Å²) in [6.45, 7) is 7.05. The monoisotopic (exact) mass is 422 g/mol. The molecule has 2 aliphatic heterocycles. The smallest absolute Gasteiger partial charge is 0.242 e. The van der Waals surface area contributed by atoms with Crippen LogP contribution in [0.3, 0.4) is 0 Å². The first kappa shape index (κ1) is 20.2. The highest BCUT2D eigenvalue weighted by atomic mass is 16.2. The maximum absolute atomic E-state index is 13.3. The Morgan fingerprint density at radius 3 is 2.74 bits per heavy atom. The molecule has 31 heavy (non-hydrogen) atoms. The second-order valence-corrected chi connectivity index (χ2v) is 10.2. The summed E-state index contributed by atoms with van der Waals surface area (Å²) in [5, 5.41) is 0. The van der Waals surface area contributed by atoms with Crippen molar-refractivity contribution in [2.24, 2.45) is 16.7 Å². The van der Waals surface area contributed by atoms with E-state index < -0.39 is 5.41 Å². The van der Waals surface area contributed by atoms with Crippen LogP contribution in [-0.2, 0) is 14.4 Å². The number of aromatic amines is 1. The number of imide groups is 1. The molecule has 1 aromatic heterocycles. The molecule has 3 heterocycles.